The van der Waals surface area contributed by atoms with Crippen LogP contribution in [0.3, 0.4) is 0 Å². The second-order valence-corrected chi connectivity index (χ2v) is 9.00. The van der Waals surface area contributed by atoms with Gasteiger partial charge in [0, 0.05) is 25.3 Å². The van der Waals surface area contributed by atoms with Gasteiger partial charge in [-0.2, -0.15) is 0 Å². The zero-order chi connectivity index (χ0) is 25.0. The smallest absolute Gasteiger partial charge is 0.328 e. The number of rotatable bonds is 3. The fraction of sp³-hybridized carbons (Fsp3) is 0.154. The summed E-state index contributed by atoms with van der Waals surface area (Å²) in [6.45, 7) is 3.94. The maximum Gasteiger partial charge on any atom is 0.328 e. The quantitative estimate of drug-likeness (QED) is 0.376. The third kappa shape index (κ3) is 3.60. The predicted molar refractivity (Wildman–Crippen MR) is 140 cm³/mol. The summed E-state index contributed by atoms with van der Waals surface area (Å²) in [5.41, 5.74) is 5.26. The molecule has 9 heteroatoms. The van der Waals surface area contributed by atoms with Gasteiger partial charge in [-0.3, -0.25) is 23.3 Å². The number of nitrogens with zero attached hydrogens (tertiary/aromatic N) is 3. The fourth-order valence-corrected chi connectivity index (χ4v) is 4.63. The molecule has 2 N–H and O–H groups in total. The topological polar surface area (TPSA) is 93.8 Å². The standard InChI is InChI=1S/C26H23N5O3S/c1-14-6-5-7-20(15(14)2)31-24(33)18-10-8-16(12-19(18)28-25(31)35)23(32)27-17-9-11-21-22(13-17)30(4)26(34)29(21)3/h5-13H,1-4H3,(H,27,32)(H,28,35). The summed E-state index contributed by atoms with van der Waals surface area (Å²) in [7, 11) is 3.39. The number of aromatic nitrogens is 4. The molecule has 5 aromatic rings. The highest BCUT2D eigenvalue weighted by atomic mass is 32.1. The lowest BCUT2D eigenvalue weighted by molar-refractivity contribution is 0.102. The Hall–Kier alpha value is -4.24. The van der Waals surface area contributed by atoms with Gasteiger partial charge in [-0.1, -0.05) is 12.1 Å². The van der Waals surface area contributed by atoms with Crippen LogP contribution in [0.1, 0.15) is 21.5 Å². The third-order valence-electron chi connectivity index (χ3n) is 6.51. The maximum absolute atomic E-state index is 13.3. The van der Waals surface area contributed by atoms with E-state index in [1.165, 1.54) is 9.13 Å². The van der Waals surface area contributed by atoms with E-state index in [4.69, 9.17) is 12.2 Å². The Bertz CT molecular complexity index is 1860. The molecule has 0 saturated heterocycles. The molecule has 0 aliphatic rings. The lowest BCUT2D eigenvalue weighted by atomic mass is 10.1. The molecule has 0 spiro atoms. The molecule has 5 rings (SSSR count). The number of anilines is 1. The Morgan fingerprint density at radius 1 is 0.943 bits per heavy atom. The molecule has 0 atom stereocenters. The van der Waals surface area contributed by atoms with Gasteiger partial charge in [-0.05, 0) is 79.7 Å². The lowest BCUT2D eigenvalue weighted by Gasteiger charge is -2.13. The summed E-state index contributed by atoms with van der Waals surface area (Å²) in [4.78, 5) is 41.6. The maximum atomic E-state index is 13.3. The van der Waals surface area contributed by atoms with Crippen molar-refractivity contribution in [2.45, 2.75) is 13.8 Å². The number of aryl methyl sites for hydroxylation is 3. The van der Waals surface area contributed by atoms with Crippen LogP contribution in [0.15, 0.2) is 64.2 Å². The highest BCUT2D eigenvalue weighted by molar-refractivity contribution is 7.71. The Balaban J connectivity index is 1.53. The van der Waals surface area contributed by atoms with Crippen molar-refractivity contribution in [1.82, 2.24) is 18.7 Å². The summed E-state index contributed by atoms with van der Waals surface area (Å²) < 4.78 is 4.82. The van der Waals surface area contributed by atoms with Crippen LogP contribution in [0.4, 0.5) is 5.69 Å². The van der Waals surface area contributed by atoms with E-state index in [1.54, 1.807) is 55.1 Å². The molecule has 8 nitrogen and oxygen atoms in total. The van der Waals surface area contributed by atoms with Crippen LogP contribution in [0.25, 0.3) is 27.6 Å². The van der Waals surface area contributed by atoms with Gasteiger partial charge in [0.2, 0.25) is 0 Å². The number of imidazole rings is 1. The Labute approximate surface area is 205 Å². The number of benzene rings is 3. The molecular formula is C26H23N5O3S. The molecule has 0 radical (unpaired) electrons. The van der Waals surface area contributed by atoms with Crippen molar-refractivity contribution in [3.05, 3.63) is 96.9 Å². The van der Waals surface area contributed by atoms with Gasteiger partial charge in [0.15, 0.2) is 4.77 Å². The summed E-state index contributed by atoms with van der Waals surface area (Å²) in [5, 5.41) is 3.29. The molecule has 0 aliphatic heterocycles. The minimum atomic E-state index is -0.342. The molecular weight excluding hydrogens is 462 g/mol. The van der Waals surface area contributed by atoms with E-state index >= 15 is 0 Å². The number of carbonyl (C=O) groups is 1. The minimum Gasteiger partial charge on any atom is -0.331 e. The molecule has 0 fully saturated rings. The normalized spacial score (nSPS) is 11.3. The number of hydrogen-bond donors (Lipinski definition) is 2. The summed E-state index contributed by atoms with van der Waals surface area (Å²) >= 11 is 5.51. The SMILES string of the molecule is Cc1cccc(-n2c(=S)[nH]c3cc(C(=O)Nc4ccc5c(c4)n(C)c(=O)n5C)ccc3c2=O)c1C. The van der Waals surface area contributed by atoms with Crippen molar-refractivity contribution >= 4 is 45.7 Å². The van der Waals surface area contributed by atoms with Crippen LogP contribution in [0, 0.1) is 18.6 Å². The molecule has 35 heavy (non-hydrogen) atoms. The Morgan fingerprint density at radius 2 is 1.69 bits per heavy atom. The molecule has 0 saturated carbocycles. The average Bonchev–Trinajstić information content (AvgIpc) is 3.05. The van der Waals surface area contributed by atoms with Gasteiger partial charge in [0.05, 0.1) is 27.6 Å². The van der Waals surface area contributed by atoms with E-state index in [-0.39, 0.29) is 21.9 Å². The van der Waals surface area contributed by atoms with Crippen LogP contribution < -0.4 is 16.6 Å². The zero-order valence-electron chi connectivity index (χ0n) is 19.7. The first-order valence-corrected chi connectivity index (χ1v) is 11.4. The van der Waals surface area contributed by atoms with Crippen molar-refractivity contribution in [3.8, 4) is 5.69 Å². The average molecular weight is 486 g/mol. The number of hydrogen-bond acceptors (Lipinski definition) is 4. The van der Waals surface area contributed by atoms with Gasteiger partial charge < -0.3 is 10.3 Å². The molecule has 0 aliphatic carbocycles. The number of H-pyrrole nitrogens is 1. The van der Waals surface area contributed by atoms with Gasteiger partial charge in [0.1, 0.15) is 0 Å². The number of fused-ring (bicyclic) bond motifs is 2. The second-order valence-electron chi connectivity index (χ2n) is 8.61. The first-order chi connectivity index (χ1) is 16.7. The van der Waals surface area contributed by atoms with Crippen LogP contribution >= 0.6 is 12.2 Å². The number of nitrogens with one attached hydrogen (secondary N) is 2. The van der Waals surface area contributed by atoms with Crippen molar-refractivity contribution < 1.29 is 4.79 Å². The van der Waals surface area contributed by atoms with Crippen molar-refractivity contribution in [3.63, 3.8) is 0 Å². The lowest BCUT2D eigenvalue weighted by Crippen LogP contribution is -2.22. The third-order valence-corrected chi connectivity index (χ3v) is 6.79. The van der Waals surface area contributed by atoms with E-state index in [0.717, 1.165) is 22.3 Å². The summed E-state index contributed by atoms with van der Waals surface area (Å²) in [6.07, 6.45) is 0. The van der Waals surface area contributed by atoms with Crippen molar-refractivity contribution in [2.24, 2.45) is 14.1 Å². The van der Waals surface area contributed by atoms with Crippen LogP contribution in [0.2, 0.25) is 0 Å². The number of carbonyl (C=O) groups excluding carboxylic acids is 1. The molecule has 2 heterocycles. The second kappa shape index (κ2) is 8.21. The van der Waals surface area contributed by atoms with E-state index in [2.05, 4.69) is 10.3 Å². The highest BCUT2D eigenvalue weighted by Gasteiger charge is 2.14. The molecule has 0 unspecified atom stereocenters. The largest absolute Gasteiger partial charge is 0.331 e. The van der Waals surface area contributed by atoms with E-state index in [9.17, 15) is 14.4 Å². The predicted octanol–water partition coefficient (Wildman–Crippen LogP) is 4.11. The van der Waals surface area contributed by atoms with Gasteiger partial charge in [-0.25, -0.2) is 4.79 Å². The summed E-state index contributed by atoms with van der Waals surface area (Å²) in [6, 6.07) is 15.9. The monoisotopic (exact) mass is 485 g/mol. The highest BCUT2D eigenvalue weighted by Crippen LogP contribution is 2.21. The van der Waals surface area contributed by atoms with E-state index in [1.807, 2.05) is 32.0 Å². The van der Waals surface area contributed by atoms with Gasteiger partial charge in [0.25, 0.3) is 11.5 Å². The molecule has 176 valence electrons. The number of aromatic amines is 1. The first-order valence-electron chi connectivity index (χ1n) is 11.0. The zero-order valence-corrected chi connectivity index (χ0v) is 20.5. The molecule has 1 amide bonds. The Kier molecular flexibility index (Phi) is 5.29. The minimum absolute atomic E-state index is 0.139. The first kappa shape index (κ1) is 22.5. The fourth-order valence-electron chi connectivity index (χ4n) is 4.34. The Morgan fingerprint density at radius 3 is 2.46 bits per heavy atom. The summed E-state index contributed by atoms with van der Waals surface area (Å²) in [5.74, 6) is -0.342. The van der Waals surface area contributed by atoms with E-state index < -0.39 is 0 Å². The number of amides is 1. The van der Waals surface area contributed by atoms with Crippen molar-refractivity contribution in [2.75, 3.05) is 5.32 Å². The van der Waals surface area contributed by atoms with Crippen LogP contribution in [0.5, 0.6) is 0 Å². The van der Waals surface area contributed by atoms with Gasteiger partial charge in [-0.15, -0.1) is 0 Å². The molecule has 3 aromatic carbocycles. The van der Waals surface area contributed by atoms with Crippen molar-refractivity contribution in [1.29, 1.82) is 0 Å². The van der Waals surface area contributed by atoms with Crippen LogP contribution in [-0.4, -0.2) is 24.6 Å². The van der Waals surface area contributed by atoms with E-state index in [0.29, 0.717) is 27.7 Å². The van der Waals surface area contributed by atoms with Crippen LogP contribution in [-0.2, 0) is 14.1 Å². The van der Waals surface area contributed by atoms with Gasteiger partial charge >= 0.3 is 5.69 Å². The molecule has 2 aromatic heterocycles. The molecule has 0 bridgehead atoms.